The highest BCUT2D eigenvalue weighted by atomic mass is 16.5. The summed E-state index contributed by atoms with van der Waals surface area (Å²) in [5.74, 6) is 1.59. The number of fused-ring (bicyclic) bond motifs is 1. The van der Waals surface area contributed by atoms with Crippen LogP contribution in [0.4, 0.5) is 5.82 Å². The number of rotatable bonds is 6. The maximum atomic E-state index is 12.0. The van der Waals surface area contributed by atoms with Crippen LogP contribution in [0.15, 0.2) is 36.7 Å². The van der Waals surface area contributed by atoms with Crippen molar-refractivity contribution in [2.45, 2.75) is 31.8 Å². The Morgan fingerprint density at radius 3 is 2.90 bits per heavy atom. The predicted molar refractivity (Wildman–Crippen MR) is 109 cm³/mol. The van der Waals surface area contributed by atoms with Crippen LogP contribution in [0.1, 0.15) is 31.4 Å². The quantitative estimate of drug-likeness (QED) is 0.654. The molecule has 8 heteroatoms. The van der Waals surface area contributed by atoms with Crippen molar-refractivity contribution in [2.24, 2.45) is 11.8 Å². The monoisotopic (exact) mass is 403 g/mol. The van der Waals surface area contributed by atoms with Gasteiger partial charge in [0.25, 0.3) is 0 Å². The molecule has 0 spiro atoms. The molecule has 8 nitrogen and oxygen atoms in total. The number of ether oxygens (including phenoxy) is 1. The molecular weight excluding hydrogens is 382 g/mol. The van der Waals surface area contributed by atoms with Gasteiger partial charge in [-0.2, -0.15) is 10.4 Å². The Kier molecular flexibility index (Phi) is 4.60. The van der Waals surface area contributed by atoms with Gasteiger partial charge in [-0.1, -0.05) is 0 Å². The SMILES string of the molecule is N#Cc1cc(-c2ccn3nc(NC(=O)C4CC4)cc3c2)c(OCC2CC(O)C2)cn1. The lowest BCUT2D eigenvalue weighted by molar-refractivity contribution is -0.117. The minimum absolute atomic E-state index is 0.0169. The van der Waals surface area contributed by atoms with E-state index in [9.17, 15) is 15.2 Å². The van der Waals surface area contributed by atoms with Crippen molar-refractivity contribution in [3.8, 4) is 22.9 Å². The lowest BCUT2D eigenvalue weighted by Gasteiger charge is -2.31. The second kappa shape index (κ2) is 7.43. The Hall–Kier alpha value is -3.44. The Morgan fingerprint density at radius 2 is 2.17 bits per heavy atom. The van der Waals surface area contributed by atoms with E-state index in [1.54, 1.807) is 16.8 Å². The fourth-order valence-electron chi connectivity index (χ4n) is 3.69. The largest absolute Gasteiger partial charge is 0.491 e. The Morgan fingerprint density at radius 1 is 1.33 bits per heavy atom. The number of pyridine rings is 2. The van der Waals surface area contributed by atoms with Crippen LogP contribution in [-0.4, -0.2) is 38.3 Å². The van der Waals surface area contributed by atoms with Crippen molar-refractivity contribution in [1.82, 2.24) is 14.6 Å². The number of carbonyl (C=O) groups excluding carboxylic acids is 1. The number of aliphatic hydroxyl groups is 1. The van der Waals surface area contributed by atoms with Gasteiger partial charge in [0.1, 0.15) is 17.5 Å². The van der Waals surface area contributed by atoms with E-state index in [1.807, 2.05) is 24.4 Å². The summed E-state index contributed by atoms with van der Waals surface area (Å²) in [7, 11) is 0. The lowest BCUT2D eigenvalue weighted by atomic mass is 9.83. The Labute approximate surface area is 173 Å². The topological polar surface area (TPSA) is 113 Å². The molecule has 1 amide bonds. The molecule has 0 unspecified atom stereocenters. The van der Waals surface area contributed by atoms with Gasteiger partial charge in [0.05, 0.1) is 24.4 Å². The number of amides is 1. The molecule has 30 heavy (non-hydrogen) atoms. The molecule has 2 aliphatic carbocycles. The van der Waals surface area contributed by atoms with Crippen LogP contribution in [0.2, 0.25) is 0 Å². The first kappa shape index (κ1) is 18.6. The van der Waals surface area contributed by atoms with Crippen LogP contribution >= 0.6 is 0 Å². The fraction of sp³-hybridized carbons (Fsp3) is 0.364. The first-order valence-electron chi connectivity index (χ1n) is 10.1. The zero-order chi connectivity index (χ0) is 20.7. The van der Waals surface area contributed by atoms with Gasteiger partial charge in [-0.05, 0) is 55.4 Å². The molecule has 2 fully saturated rings. The molecule has 0 aromatic carbocycles. The smallest absolute Gasteiger partial charge is 0.228 e. The average molecular weight is 403 g/mol. The van der Waals surface area contributed by atoms with E-state index >= 15 is 0 Å². The molecule has 0 radical (unpaired) electrons. The van der Waals surface area contributed by atoms with Crippen molar-refractivity contribution in [1.29, 1.82) is 5.26 Å². The standard InChI is InChI=1S/C22H21N5O3/c23-10-16-8-19(20(11-24-16)30-12-13-5-18(28)6-13)15-3-4-27-17(7-15)9-21(26-27)25-22(29)14-1-2-14/h3-4,7-9,11,13-14,18,28H,1-2,5-6,12H2,(H,25,26,29). The van der Waals surface area contributed by atoms with E-state index in [4.69, 9.17) is 4.74 Å². The summed E-state index contributed by atoms with van der Waals surface area (Å²) in [6.07, 6.45) is 6.54. The van der Waals surface area contributed by atoms with Gasteiger partial charge in [-0.15, -0.1) is 0 Å². The minimum Gasteiger partial charge on any atom is -0.491 e. The van der Waals surface area contributed by atoms with Gasteiger partial charge >= 0.3 is 0 Å². The van der Waals surface area contributed by atoms with E-state index in [2.05, 4.69) is 21.5 Å². The summed E-state index contributed by atoms with van der Waals surface area (Å²) in [5.41, 5.74) is 2.77. The number of nitrogens with zero attached hydrogens (tertiary/aromatic N) is 4. The summed E-state index contributed by atoms with van der Waals surface area (Å²) in [6, 6.07) is 9.44. The molecule has 2 N–H and O–H groups in total. The van der Waals surface area contributed by atoms with Gasteiger partial charge in [0, 0.05) is 23.7 Å². The lowest BCUT2D eigenvalue weighted by Crippen LogP contribution is -2.32. The van der Waals surface area contributed by atoms with Gasteiger partial charge in [-0.25, -0.2) is 9.50 Å². The normalized spacial score (nSPS) is 20.4. The minimum atomic E-state index is -0.226. The zero-order valence-corrected chi connectivity index (χ0v) is 16.3. The van der Waals surface area contributed by atoms with E-state index in [-0.39, 0.29) is 17.9 Å². The molecular formula is C22H21N5O3. The third-order valence-corrected chi connectivity index (χ3v) is 5.64. The molecule has 3 aromatic rings. The van der Waals surface area contributed by atoms with Crippen LogP contribution in [-0.2, 0) is 4.79 Å². The van der Waals surface area contributed by atoms with Crippen molar-refractivity contribution in [3.05, 3.63) is 42.4 Å². The van der Waals surface area contributed by atoms with Gasteiger partial charge < -0.3 is 15.2 Å². The predicted octanol–water partition coefficient (Wildman–Crippen LogP) is 2.77. The van der Waals surface area contributed by atoms with Crippen LogP contribution in [0.3, 0.4) is 0 Å². The first-order chi connectivity index (χ1) is 14.6. The van der Waals surface area contributed by atoms with Gasteiger partial charge in [-0.3, -0.25) is 4.79 Å². The van der Waals surface area contributed by atoms with Gasteiger partial charge in [0.15, 0.2) is 5.82 Å². The Bertz CT molecular complexity index is 1160. The van der Waals surface area contributed by atoms with Gasteiger partial charge in [0.2, 0.25) is 5.91 Å². The third-order valence-electron chi connectivity index (χ3n) is 5.64. The molecule has 0 atom stereocenters. The second-order valence-electron chi connectivity index (χ2n) is 8.06. The second-order valence-corrected chi connectivity index (χ2v) is 8.06. The van der Waals surface area contributed by atoms with E-state index in [0.717, 1.165) is 42.3 Å². The average Bonchev–Trinajstić information content (AvgIpc) is 3.50. The maximum absolute atomic E-state index is 12.0. The number of aliphatic hydroxyl groups excluding tert-OH is 1. The van der Waals surface area contributed by atoms with Crippen molar-refractivity contribution in [2.75, 3.05) is 11.9 Å². The van der Waals surface area contributed by atoms with Crippen LogP contribution < -0.4 is 10.1 Å². The maximum Gasteiger partial charge on any atom is 0.228 e. The van der Waals surface area contributed by atoms with Crippen molar-refractivity contribution in [3.63, 3.8) is 0 Å². The van der Waals surface area contributed by atoms with Crippen molar-refractivity contribution >= 4 is 17.2 Å². The van der Waals surface area contributed by atoms with E-state index in [1.165, 1.54) is 0 Å². The number of hydrogen-bond donors (Lipinski definition) is 2. The number of nitrogens with one attached hydrogen (secondary N) is 1. The number of carbonyl (C=O) groups is 1. The molecule has 5 rings (SSSR count). The highest BCUT2D eigenvalue weighted by molar-refractivity contribution is 5.93. The first-order valence-corrected chi connectivity index (χ1v) is 10.1. The van der Waals surface area contributed by atoms with E-state index < -0.39 is 0 Å². The fourth-order valence-corrected chi connectivity index (χ4v) is 3.69. The molecule has 0 aliphatic heterocycles. The molecule has 3 heterocycles. The molecule has 0 saturated heterocycles. The summed E-state index contributed by atoms with van der Waals surface area (Å²) in [4.78, 5) is 16.1. The highest BCUT2D eigenvalue weighted by Crippen LogP contribution is 2.34. The number of hydrogen-bond acceptors (Lipinski definition) is 6. The van der Waals surface area contributed by atoms with Crippen LogP contribution in [0, 0.1) is 23.2 Å². The summed E-state index contributed by atoms with van der Waals surface area (Å²) in [5, 5.41) is 26.0. The molecule has 152 valence electrons. The molecule has 0 bridgehead atoms. The molecule has 2 saturated carbocycles. The highest BCUT2D eigenvalue weighted by Gasteiger charge is 2.30. The third kappa shape index (κ3) is 3.72. The van der Waals surface area contributed by atoms with E-state index in [0.29, 0.717) is 29.8 Å². The summed E-state index contributed by atoms with van der Waals surface area (Å²) in [6.45, 7) is 0.504. The van der Waals surface area contributed by atoms with Crippen molar-refractivity contribution < 1.29 is 14.6 Å². The summed E-state index contributed by atoms with van der Waals surface area (Å²) >= 11 is 0. The number of anilines is 1. The van der Waals surface area contributed by atoms with Crippen LogP contribution in [0.5, 0.6) is 5.75 Å². The number of nitriles is 1. The Balaban J connectivity index is 1.42. The summed E-state index contributed by atoms with van der Waals surface area (Å²) < 4.78 is 7.69. The zero-order valence-electron chi connectivity index (χ0n) is 16.3. The van der Waals surface area contributed by atoms with Crippen LogP contribution in [0.25, 0.3) is 16.6 Å². The number of aromatic nitrogens is 3. The molecule has 3 aromatic heterocycles. The molecule has 2 aliphatic rings.